The number of hydrogen-bond donors (Lipinski definition) is 0. The topological polar surface area (TPSA) is 213 Å². The van der Waals surface area contributed by atoms with Gasteiger partial charge in [-0.25, -0.2) is 0 Å². The molecule has 0 aliphatic carbocycles. The number of piperidine rings is 4. The van der Waals surface area contributed by atoms with E-state index in [1.807, 2.05) is 111 Å². The summed E-state index contributed by atoms with van der Waals surface area (Å²) in [5.74, 6) is 0.259. The summed E-state index contributed by atoms with van der Waals surface area (Å²) in [5, 5.41) is 60.7. The Labute approximate surface area is 380 Å². The summed E-state index contributed by atoms with van der Waals surface area (Å²) in [5.41, 5.74) is -5.70. The third kappa shape index (κ3) is 10.4. The fourth-order valence-electron chi connectivity index (χ4n) is 11.0. The smallest absolute Gasteiger partial charge is 0.324 e. The van der Waals surface area contributed by atoms with Crippen molar-refractivity contribution in [2.24, 2.45) is 0 Å². The van der Waals surface area contributed by atoms with Crippen LogP contribution in [0.15, 0.2) is 0 Å². The molecule has 0 bridgehead atoms. The maximum Gasteiger partial charge on any atom is 0.324 e. The molecule has 20 heteroatoms. The van der Waals surface area contributed by atoms with Gasteiger partial charge in [0.2, 0.25) is 0 Å². The summed E-state index contributed by atoms with van der Waals surface area (Å²) in [6, 6.07) is 0.0169. The van der Waals surface area contributed by atoms with Gasteiger partial charge in [-0.05, 0) is 111 Å². The number of aromatic nitrogens is 6. The maximum absolute atomic E-state index is 13.2. The van der Waals surface area contributed by atoms with Crippen molar-refractivity contribution in [3.05, 3.63) is 0 Å². The highest BCUT2D eigenvalue weighted by Crippen LogP contribution is 2.43. The van der Waals surface area contributed by atoms with Crippen LogP contribution in [0.4, 0.5) is 11.9 Å². The Morgan fingerprint density at radius 1 is 0.344 bits per heavy atom. The summed E-state index contributed by atoms with van der Waals surface area (Å²) in [6.07, 6.45) is 1.81. The largest absolute Gasteiger partial charge is 0.460 e. The lowest BCUT2D eigenvalue weighted by Gasteiger charge is -2.49. The van der Waals surface area contributed by atoms with Gasteiger partial charge in [-0.15, -0.1) is 51.0 Å². The van der Waals surface area contributed by atoms with E-state index >= 15 is 0 Å². The minimum Gasteiger partial charge on any atom is -0.460 e. The van der Waals surface area contributed by atoms with E-state index in [0.29, 0.717) is 51.4 Å². The van der Waals surface area contributed by atoms with Crippen molar-refractivity contribution in [1.82, 2.24) is 50.2 Å². The molecule has 64 heavy (non-hydrogen) atoms. The van der Waals surface area contributed by atoms with E-state index in [1.165, 1.54) is 0 Å². The zero-order chi connectivity index (χ0) is 48.0. The first-order valence-corrected chi connectivity index (χ1v) is 22.6. The lowest BCUT2D eigenvalue weighted by atomic mass is 9.80. The fraction of sp³-hybridized carbons (Fsp3) is 0.864. The monoisotopic (exact) mass is 899 g/mol. The highest BCUT2D eigenvalue weighted by Gasteiger charge is 2.51. The Kier molecular flexibility index (Phi) is 13.0. The van der Waals surface area contributed by atoms with Gasteiger partial charge in [0.15, 0.2) is 0 Å². The van der Waals surface area contributed by atoms with Crippen molar-refractivity contribution in [1.29, 1.82) is 0 Å². The average Bonchev–Trinajstić information content (AvgIpc) is 3.12. The van der Waals surface area contributed by atoms with Crippen LogP contribution in [0.5, 0.6) is 24.0 Å². The summed E-state index contributed by atoms with van der Waals surface area (Å²) in [4.78, 5) is 28.4. The van der Waals surface area contributed by atoms with E-state index in [9.17, 15) is 20.8 Å². The molecule has 0 amide bonds. The van der Waals surface area contributed by atoms with E-state index in [1.54, 1.807) is 24.1 Å². The predicted octanol–water partition coefficient (Wildman–Crippen LogP) is 6.53. The van der Waals surface area contributed by atoms with Crippen LogP contribution in [0, 0.1) is 0 Å². The number of nitrogens with zero attached hydrogens (tertiary/aromatic N) is 12. The van der Waals surface area contributed by atoms with E-state index in [4.69, 9.17) is 38.9 Å². The maximum atomic E-state index is 13.2. The molecule has 0 spiro atoms. The standard InChI is InChI=1S/C44H74N12O8/c1-37(2)19-27(20-38(3,4)53(37)57)61-33-45-31(46-34(49-33)62-28-21-39(5,6)54(58)40(7,8)22-28)51(17)52(18)32-47-35(63-29-23-41(9,10)55(59)42(11,12)24-29)50-36(48-32)64-30-25-43(13,14)56(60)44(15,16)26-30/h27-30H,19-26H2,1-18H3. The number of hydrogen-bond acceptors (Lipinski definition) is 16. The first kappa shape index (κ1) is 49.9. The van der Waals surface area contributed by atoms with E-state index in [0.717, 1.165) is 20.3 Å². The van der Waals surface area contributed by atoms with Gasteiger partial charge in [0.25, 0.3) is 11.9 Å². The quantitative estimate of drug-likeness (QED) is 0.219. The number of ether oxygens (including phenoxy) is 4. The van der Waals surface area contributed by atoms with Crippen molar-refractivity contribution in [3.8, 4) is 24.0 Å². The molecule has 4 radical (unpaired) electrons. The summed E-state index contributed by atoms with van der Waals surface area (Å²) >= 11 is 0. The van der Waals surface area contributed by atoms with Crippen molar-refractivity contribution in [3.63, 3.8) is 0 Å². The number of rotatable bonds is 11. The van der Waals surface area contributed by atoms with Crippen molar-refractivity contribution in [2.75, 3.05) is 24.1 Å². The first-order chi connectivity index (χ1) is 29.0. The molecular weight excluding hydrogens is 825 g/mol. The van der Waals surface area contributed by atoms with E-state index < -0.39 is 68.7 Å². The van der Waals surface area contributed by atoms with E-state index in [2.05, 4.69) is 9.97 Å². The van der Waals surface area contributed by atoms with Crippen LogP contribution >= 0.6 is 0 Å². The van der Waals surface area contributed by atoms with Crippen LogP contribution in [0.2, 0.25) is 0 Å². The summed E-state index contributed by atoms with van der Waals surface area (Å²) < 4.78 is 26.1. The van der Waals surface area contributed by atoms with Gasteiger partial charge in [0.05, 0.1) is 0 Å². The molecule has 2 aromatic heterocycles. The third-order valence-electron chi connectivity index (χ3n) is 13.5. The molecule has 6 rings (SSSR count). The molecule has 358 valence electrons. The third-order valence-corrected chi connectivity index (χ3v) is 13.5. The van der Waals surface area contributed by atoms with Crippen LogP contribution in [-0.2, 0) is 20.8 Å². The second-order valence-electron chi connectivity index (χ2n) is 23.7. The van der Waals surface area contributed by atoms with Crippen LogP contribution in [0.25, 0.3) is 0 Å². The summed E-state index contributed by atoms with van der Waals surface area (Å²) in [6.45, 7) is 30.3. The van der Waals surface area contributed by atoms with Gasteiger partial charge < -0.3 is 18.9 Å². The molecule has 2 aromatic rings. The number of hydrazine groups is 1. The molecule has 0 saturated carbocycles. The molecule has 4 aliphatic rings. The van der Waals surface area contributed by atoms with Crippen LogP contribution in [-0.4, -0.2) is 133 Å². The van der Waals surface area contributed by atoms with Crippen molar-refractivity contribution < 1.29 is 39.8 Å². The lowest BCUT2D eigenvalue weighted by Crippen LogP contribution is -2.60. The van der Waals surface area contributed by atoms with E-state index in [-0.39, 0.29) is 35.9 Å². The van der Waals surface area contributed by atoms with Gasteiger partial charge in [0, 0.05) is 110 Å². The molecule has 4 fully saturated rings. The van der Waals surface area contributed by atoms with Gasteiger partial charge >= 0.3 is 24.0 Å². The molecular formula is C44H74N12O8. The van der Waals surface area contributed by atoms with Crippen molar-refractivity contribution in [2.45, 2.75) is 231 Å². The SMILES string of the molecule is CN(c1nc(OC2CC(C)(C)N([O])C(C)(C)C2)nc(OC2CC(C)(C)N([O])C(C)(C)C2)n1)N(C)c1nc(OC2CC(C)(C)N([O])C(C)(C)C2)nc(OC2CC(C)(C)N([O])C(C)(C)C2)n1. The zero-order valence-corrected chi connectivity index (χ0v) is 41.6. The Balaban J connectivity index is 1.37. The van der Waals surface area contributed by atoms with Gasteiger partial charge in [-0.1, -0.05) is 0 Å². The molecule has 4 aliphatic heterocycles. The van der Waals surface area contributed by atoms with Crippen LogP contribution < -0.4 is 29.0 Å². The fourth-order valence-corrected chi connectivity index (χ4v) is 11.0. The van der Waals surface area contributed by atoms with Gasteiger partial charge in [-0.2, -0.15) is 19.9 Å². The molecule has 0 aromatic carbocycles. The van der Waals surface area contributed by atoms with Crippen LogP contribution in [0.3, 0.4) is 0 Å². The molecule has 0 unspecified atom stereocenters. The number of anilines is 2. The number of hydroxylamine groups is 8. The zero-order valence-electron chi connectivity index (χ0n) is 41.6. The Morgan fingerprint density at radius 3 is 0.656 bits per heavy atom. The first-order valence-electron chi connectivity index (χ1n) is 22.6. The Hall–Kier alpha value is -3.50. The van der Waals surface area contributed by atoms with Crippen LogP contribution in [0.1, 0.15) is 162 Å². The molecule has 0 atom stereocenters. The predicted molar refractivity (Wildman–Crippen MR) is 234 cm³/mol. The minimum atomic E-state index is -0.713. The second-order valence-corrected chi connectivity index (χ2v) is 23.7. The second kappa shape index (κ2) is 16.7. The highest BCUT2D eigenvalue weighted by atomic mass is 16.5. The molecule has 4 saturated heterocycles. The normalized spacial score (nSPS) is 26.3. The molecule has 0 N–H and O–H groups in total. The van der Waals surface area contributed by atoms with Gasteiger partial charge in [0.1, 0.15) is 24.4 Å². The average molecular weight is 899 g/mol. The Bertz CT molecular complexity index is 1660. The summed E-state index contributed by atoms with van der Waals surface area (Å²) in [7, 11) is 3.45. The molecule has 6 heterocycles. The van der Waals surface area contributed by atoms with Gasteiger partial charge in [-0.3, -0.25) is 10.0 Å². The molecule has 20 nitrogen and oxygen atoms in total. The lowest BCUT2D eigenvalue weighted by molar-refractivity contribution is -0.297. The highest BCUT2D eigenvalue weighted by molar-refractivity contribution is 5.43. The minimum absolute atomic E-state index is 0.00422. The van der Waals surface area contributed by atoms with Crippen molar-refractivity contribution >= 4 is 11.9 Å². The Morgan fingerprint density at radius 2 is 0.500 bits per heavy atom.